The minimum atomic E-state index is 0.642. The molecule has 0 bridgehead atoms. The minimum absolute atomic E-state index is 0.642. The average molecular weight is 363 g/mol. The van der Waals surface area contributed by atoms with E-state index in [-0.39, 0.29) is 0 Å². The summed E-state index contributed by atoms with van der Waals surface area (Å²) in [6.07, 6.45) is 5.61. The zero-order chi connectivity index (χ0) is 17.5. The Bertz CT molecular complexity index is 646. The first-order chi connectivity index (χ1) is 11.4. The van der Waals surface area contributed by atoms with Crippen LogP contribution in [-0.2, 0) is 19.3 Å². The van der Waals surface area contributed by atoms with Crippen molar-refractivity contribution in [3.05, 3.63) is 69.2 Å². The lowest BCUT2D eigenvalue weighted by Gasteiger charge is -2.14. The summed E-state index contributed by atoms with van der Waals surface area (Å²) in [5.41, 5.74) is 4.02. The van der Waals surface area contributed by atoms with Gasteiger partial charge < -0.3 is 0 Å². The summed E-state index contributed by atoms with van der Waals surface area (Å²) in [5, 5.41) is 1.73. The van der Waals surface area contributed by atoms with E-state index < -0.39 is 0 Å². The molecule has 0 N–H and O–H groups in total. The summed E-state index contributed by atoms with van der Waals surface area (Å²) in [5.74, 6) is 1.35. The summed E-state index contributed by atoms with van der Waals surface area (Å²) in [6.45, 7) is 6.85. The number of rotatable bonds is 8. The summed E-state index contributed by atoms with van der Waals surface area (Å²) in [6, 6.07) is 14.7. The van der Waals surface area contributed by atoms with E-state index in [9.17, 15) is 0 Å². The van der Waals surface area contributed by atoms with Crippen LogP contribution >= 0.6 is 23.2 Å². The third-order valence-electron chi connectivity index (χ3n) is 4.50. The normalized spacial score (nSPS) is 12.6. The second-order valence-corrected chi connectivity index (χ2v) is 8.18. The number of benzene rings is 2. The van der Waals surface area contributed by atoms with Gasteiger partial charge in [0.05, 0.1) is 0 Å². The molecule has 0 radical (unpaired) electrons. The third-order valence-corrected chi connectivity index (χ3v) is 5.10. The summed E-state index contributed by atoms with van der Waals surface area (Å²) in [4.78, 5) is 0. The van der Waals surface area contributed by atoms with Crippen LogP contribution in [0.3, 0.4) is 0 Å². The molecule has 0 aliphatic carbocycles. The highest BCUT2D eigenvalue weighted by atomic mass is 35.5. The first-order valence-corrected chi connectivity index (χ1v) is 9.71. The van der Waals surface area contributed by atoms with Crippen LogP contribution in [-0.4, -0.2) is 0 Å². The fourth-order valence-corrected chi connectivity index (χ4v) is 3.43. The Labute approximate surface area is 157 Å². The molecule has 1 unspecified atom stereocenters. The Morgan fingerprint density at radius 2 is 1.62 bits per heavy atom. The molecule has 0 nitrogen and oxygen atoms in total. The molecule has 2 aromatic rings. The van der Waals surface area contributed by atoms with Gasteiger partial charge in [0.1, 0.15) is 0 Å². The molecular weight excluding hydrogens is 335 g/mol. The van der Waals surface area contributed by atoms with Gasteiger partial charge in [0.15, 0.2) is 0 Å². The second-order valence-electron chi connectivity index (χ2n) is 7.34. The van der Waals surface area contributed by atoms with Gasteiger partial charge in [-0.15, -0.1) is 0 Å². The summed E-state index contributed by atoms with van der Waals surface area (Å²) in [7, 11) is 0. The molecule has 24 heavy (non-hydrogen) atoms. The maximum absolute atomic E-state index is 6.36. The lowest BCUT2D eigenvalue weighted by molar-refractivity contribution is 0.530. The van der Waals surface area contributed by atoms with Crippen molar-refractivity contribution in [1.82, 2.24) is 0 Å². The molecule has 1 atom stereocenters. The molecule has 0 spiro atoms. The van der Waals surface area contributed by atoms with Crippen LogP contribution in [0, 0.1) is 11.8 Å². The lowest BCUT2D eigenvalue weighted by Crippen LogP contribution is -2.03. The van der Waals surface area contributed by atoms with Gasteiger partial charge in [-0.3, -0.25) is 0 Å². The monoisotopic (exact) mass is 362 g/mol. The van der Waals surface area contributed by atoms with Crippen LogP contribution < -0.4 is 0 Å². The Morgan fingerprint density at radius 1 is 0.833 bits per heavy atom. The first-order valence-electron chi connectivity index (χ1n) is 8.95. The van der Waals surface area contributed by atoms with Crippen LogP contribution in [0.25, 0.3) is 0 Å². The van der Waals surface area contributed by atoms with Gasteiger partial charge in [0.25, 0.3) is 0 Å². The smallest absolute Gasteiger partial charge is 0.0438 e. The van der Waals surface area contributed by atoms with E-state index in [1.807, 2.05) is 12.1 Å². The molecular formula is C22H28Cl2. The van der Waals surface area contributed by atoms with Crippen molar-refractivity contribution < 1.29 is 0 Å². The van der Waals surface area contributed by atoms with Gasteiger partial charge in [0, 0.05) is 10.0 Å². The van der Waals surface area contributed by atoms with Crippen molar-refractivity contribution >= 4 is 23.2 Å². The molecule has 0 aliphatic rings. The lowest BCUT2D eigenvalue weighted by atomic mass is 9.93. The van der Waals surface area contributed by atoms with Crippen molar-refractivity contribution in [3.8, 4) is 0 Å². The fourth-order valence-electron chi connectivity index (χ4n) is 3.00. The maximum Gasteiger partial charge on any atom is 0.0438 e. The largest absolute Gasteiger partial charge is 0.0843 e. The highest BCUT2D eigenvalue weighted by Gasteiger charge is 2.08. The summed E-state index contributed by atoms with van der Waals surface area (Å²) >= 11 is 12.4. The van der Waals surface area contributed by atoms with Gasteiger partial charge in [-0.1, -0.05) is 68.2 Å². The average Bonchev–Trinajstić information content (AvgIpc) is 2.53. The highest BCUT2D eigenvalue weighted by Crippen LogP contribution is 2.23. The van der Waals surface area contributed by atoms with E-state index in [1.54, 1.807) is 0 Å². The molecule has 2 rings (SSSR count). The van der Waals surface area contributed by atoms with Crippen molar-refractivity contribution in [2.75, 3.05) is 0 Å². The van der Waals surface area contributed by atoms with Crippen LogP contribution in [0.5, 0.6) is 0 Å². The molecule has 0 saturated carbocycles. The van der Waals surface area contributed by atoms with E-state index in [1.165, 1.54) is 29.5 Å². The highest BCUT2D eigenvalue weighted by molar-refractivity contribution is 6.31. The van der Waals surface area contributed by atoms with E-state index in [0.29, 0.717) is 11.8 Å². The predicted octanol–water partition coefficient (Wildman–Crippen LogP) is 7.39. The quantitative estimate of drug-likeness (QED) is 0.458. The topological polar surface area (TPSA) is 0 Å². The maximum atomic E-state index is 6.36. The second kappa shape index (κ2) is 9.49. The molecule has 2 aromatic carbocycles. The molecule has 130 valence electrons. The number of hydrogen-bond donors (Lipinski definition) is 0. The molecule has 0 saturated heterocycles. The van der Waals surface area contributed by atoms with Gasteiger partial charge in [-0.05, 0) is 78.8 Å². The zero-order valence-corrected chi connectivity index (χ0v) is 16.5. The van der Waals surface area contributed by atoms with Gasteiger partial charge in [-0.2, -0.15) is 0 Å². The summed E-state index contributed by atoms with van der Waals surface area (Å²) < 4.78 is 0. The van der Waals surface area contributed by atoms with E-state index >= 15 is 0 Å². The minimum Gasteiger partial charge on any atom is -0.0843 e. The van der Waals surface area contributed by atoms with Crippen LogP contribution in [0.2, 0.25) is 10.0 Å². The number of aryl methyl sites for hydroxylation is 2. The van der Waals surface area contributed by atoms with Crippen LogP contribution in [0.4, 0.5) is 0 Å². The third kappa shape index (κ3) is 6.49. The van der Waals surface area contributed by atoms with Gasteiger partial charge in [-0.25, -0.2) is 0 Å². The first kappa shape index (κ1) is 19.3. The van der Waals surface area contributed by atoms with E-state index in [2.05, 4.69) is 51.1 Å². The SMILES string of the molecule is CC(C)CCc1cc(CC(C)CCc2cccc(Cl)c2)ccc1Cl. The standard InChI is InChI=1S/C22H28Cl2/c1-16(2)7-11-20-14-19(10-12-22(20)24)13-17(3)8-9-18-5-4-6-21(23)15-18/h4-6,10,12,14-17H,7-9,11,13H2,1-3H3. The van der Waals surface area contributed by atoms with Crippen molar-refractivity contribution in [2.45, 2.75) is 52.9 Å². The molecule has 2 heteroatoms. The molecule has 0 aromatic heterocycles. The fraction of sp³-hybridized carbons (Fsp3) is 0.455. The molecule has 0 amide bonds. The van der Waals surface area contributed by atoms with E-state index in [4.69, 9.17) is 23.2 Å². The Morgan fingerprint density at radius 3 is 2.33 bits per heavy atom. The molecule has 0 fully saturated rings. The van der Waals surface area contributed by atoms with Gasteiger partial charge in [0.2, 0.25) is 0 Å². The number of hydrogen-bond acceptors (Lipinski definition) is 0. The van der Waals surface area contributed by atoms with Crippen LogP contribution in [0.15, 0.2) is 42.5 Å². The van der Waals surface area contributed by atoms with Crippen molar-refractivity contribution in [1.29, 1.82) is 0 Å². The number of halogens is 2. The van der Waals surface area contributed by atoms with Gasteiger partial charge >= 0.3 is 0 Å². The van der Waals surface area contributed by atoms with E-state index in [0.717, 1.165) is 29.3 Å². The Kier molecular flexibility index (Phi) is 7.65. The molecule has 0 heterocycles. The predicted molar refractivity (Wildman–Crippen MR) is 107 cm³/mol. The van der Waals surface area contributed by atoms with Crippen LogP contribution in [0.1, 0.15) is 50.3 Å². The zero-order valence-electron chi connectivity index (χ0n) is 15.0. The van der Waals surface area contributed by atoms with Crippen molar-refractivity contribution in [3.63, 3.8) is 0 Å². The Hall–Kier alpha value is -0.980. The Balaban J connectivity index is 1.91. The molecule has 0 aliphatic heterocycles. The van der Waals surface area contributed by atoms with Crippen molar-refractivity contribution in [2.24, 2.45) is 11.8 Å².